The number of nitrogens with one attached hydrogen (secondary N) is 1. The van der Waals surface area contributed by atoms with Gasteiger partial charge in [0.15, 0.2) is 0 Å². The maximum absolute atomic E-state index is 13.7. The predicted molar refractivity (Wildman–Crippen MR) is 99.8 cm³/mol. The van der Waals surface area contributed by atoms with Gasteiger partial charge in [-0.15, -0.1) is 0 Å². The molecule has 0 fully saturated rings. The van der Waals surface area contributed by atoms with Crippen molar-refractivity contribution in [2.24, 2.45) is 5.10 Å². The van der Waals surface area contributed by atoms with Gasteiger partial charge in [-0.25, -0.2) is 4.39 Å². The summed E-state index contributed by atoms with van der Waals surface area (Å²) in [6, 6.07) is 21.6. The average Bonchev–Trinajstić information content (AvgIpc) is 2.63. The molecule has 0 radical (unpaired) electrons. The second kappa shape index (κ2) is 8.31. The van der Waals surface area contributed by atoms with Crippen LogP contribution in [0.4, 0.5) is 10.1 Å². The molecule has 0 saturated carbocycles. The first-order valence-electron chi connectivity index (χ1n) is 7.72. The summed E-state index contributed by atoms with van der Waals surface area (Å²) >= 11 is 5.98. The summed E-state index contributed by atoms with van der Waals surface area (Å²) < 4.78 is 19.3. The largest absolute Gasteiger partial charge is 0.489 e. The first-order valence-corrected chi connectivity index (χ1v) is 8.10. The lowest BCUT2D eigenvalue weighted by Crippen LogP contribution is -1.99. The highest BCUT2D eigenvalue weighted by atomic mass is 35.5. The van der Waals surface area contributed by atoms with Crippen LogP contribution >= 0.6 is 11.6 Å². The number of ether oxygens (including phenoxy) is 1. The van der Waals surface area contributed by atoms with E-state index in [0.717, 1.165) is 11.3 Å². The lowest BCUT2D eigenvalue weighted by molar-refractivity contribution is 0.300. The molecular weight excluding hydrogens is 339 g/mol. The molecule has 126 valence electrons. The fraction of sp³-hybridized carbons (Fsp3) is 0.0500. The second-order valence-electron chi connectivity index (χ2n) is 5.29. The van der Waals surface area contributed by atoms with Crippen molar-refractivity contribution >= 4 is 23.5 Å². The van der Waals surface area contributed by atoms with Gasteiger partial charge in [0.05, 0.1) is 16.9 Å². The minimum Gasteiger partial charge on any atom is -0.489 e. The number of hydrogen-bond acceptors (Lipinski definition) is 3. The summed E-state index contributed by atoms with van der Waals surface area (Å²) in [6.07, 6.45) is 1.71. The Kier molecular flexibility index (Phi) is 5.65. The third kappa shape index (κ3) is 4.81. The maximum atomic E-state index is 13.7. The van der Waals surface area contributed by atoms with E-state index in [0.29, 0.717) is 16.3 Å². The van der Waals surface area contributed by atoms with Crippen LogP contribution in [0.2, 0.25) is 5.02 Å². The number of para-hydroxylation sites is 1. The van der Waals surface area contributed by atoms with Crippen molar-refractivity contribution in [1.82, 2.24) is 0 Å². The van der Waals surface area contributed by atoms with Crippen LogP contribution in [0, 0.1) is 5.82 Å². The van der Waals surface area contributed by atoms with Gasteiger partial charge in [-0.1, -0.05) is 35.9 Å². The van der Waals surface area contributed by atoms with E-state index in [1.54, 1.807) is 30.5 Å². The Morgan fingerprint density at radius 2 is 1.72 bits per heavy atom. The minimum absolute atomic E-state index is 0.0779. The van der Waals surface area contributed by atoms with Crippen LogP contribution in [0.5, 0.6) is 5.75 Å². The molecule has 3 aromatic rings. The minimum atomic E-state index is -0.372. The summed E-state index contributed by atoms with van der Waals surface area (Å²) in [5.74, 6) is 0.260. The van der Waals surface area contributed by atoms with Crippen LogP contribution < -0.4 is 10.2 Å². The van der Waals surface area contributed by atoms with Crippen LogP contribution in [-0.2, 0) is 6.61 Å². The van der Waals surface area contributed by atoms with E-state index < -0.39 is 0 Å². The molecule has 3 nitrogen and oxygen atoms in total. The fourth-order valence-electron chi connectivity index (χ4n) is 2.17. The third-order valence-electron chi connectivity index (χ3n) is 3.51. The van der Waals surface area contributed by atoms with Gasteiger partial charge in [0.25, 0.3) is 0 Å². The maximum Gasteiger partial charge on any atom is 0.131 e. The Hall–Kier alpha value is -2.85. The van der Waals surface area contributed by atoms with Gasteiger partial charge in [0.1, 0.15) is 18.2 Å². The number of benzene rings is 3. The number of halogens is 2. The standard InChI is InChI=1S/C20H16ClFN2O/c21-19-7-4-8-20(22)18(19)14-25-17-11-9-15(10-12-17)13-23-24-16-5-2-1-3-6-16/h1-13,24H,14H2/b23-13+. The highest BCUT2D eigenvalue weighted by molar-refractivity contribution is 6.31. The summed E-state index contributed by atoms with van der Waals surface area (Å²) in [5.41, 5.74) is 5.13. The first kappa shape index (κ1) is 17.0. The number of nitrogens with zero attached hydrogens (tertiary/aromatic N) is 1. The number of hydrogen-bond donors (Lipinski definition) is 1. The molecule has 0 aromatic heterocycles. The van der Waals surface area contributed by atoms with Gasteiger partial charge in [0, 0.05) is 5.56 Å². The topological polar surface area (TPSA) is 33.6 Å². The number of rotatable bonds is 6. The second-order valence-corrected chi connectivity index (χ2v) is 5.70. The molecule has 0 amide bonds. The number of anilines is 1. The van der Waals surface area contributed by atoms with Crippen LogP contribution in [0.25, 0.3) is 0 Å². The lowest BCUT2D eigenvalue weighted by atomic mass is 10.2. The molecule has 3 rings (SSSR count). The van der Waals surface area contributed by atoms with Crippen LogP contribution in [0.15, 0.2) is 77.9 Å². The molecule has 0 spiro atoms. The molecule has 0 bridgehead atoms. The summed E-state index contributed by atoms with van der Waals surface area (Å²) in [6.45, 7) is 0.0779. The van der Waals surface area contributed by atoms with Crippen molar-refractivity contribution in [3.8, 4) is 5.75 Å². The molecule has 0 heterocycles. The van der Waals surface area contributed by atoms with Crippen molar-refractivity contribution in [3.05, 3.63) is 94.8 Å². The molecule has 0 aliphatic rings. The van der Waals surface area contributed by atoms with Crippen molar-refractivity contribution < 1.29 is 9.13 Å². The zero-order valence-electron chi connectivity index (χ0n) is 13.3. The van der Waals surface area contributed by atoms with E-state index in [2.05, 4.69) is 10.5 Å². The molecule has 0 unspecified atom stereocenters. The smallest absolute Gasteiger partial charge is 0.131 e. The van der Waals surface area contributed by atoms with E-state index >= 15 is 0 Å². The molecular formula is C20H16ClFN2O. The van der Waals surface area contributed by atoms with E-state index in [-0.39, 0.29) is 12.4 Å². The summed E-state index contributed by atoms with van der Waals surface area (Å²) in [4.78, 5) is 0. The monoisotopic (exact) mass is 354 g/mol. The van der Waals surface area contributed by atoms with Gasteiger partial charge < -0.3 is 4.74 Å². The molecule has 0 atom stereocenters. The highest BCUT2D eigenvalue weighted by Gasteiger charge is 2.07. The Labute approximate surface area is 150 Å². The van der Waals surface area contributed by atoms with Gasteiger partial charge in [0.2, 0.25) is 0 Å². The molecule has 0 aliphatic carbocycles. The van der Waals surface area contributed by atoms with Gasteiger partial charge in [-0.05, 0) is 54.1 Å². The molecule has 1 N–H and O–H groups in total. The number of hydrazone groups is 1. The lowest BCUT2D eigenvalue weighted by Gasteiger charge is -2.09. The van der Waals surface area contributed by atoms with Crippen molar-refractivity contribution in [3.63, 3.8) is 0 Å². The molecule has 25 heavy (non-hydrogen) atoms. The average molecular weight is 355 g/mol. The summed E-state index contributed by atoms with van der Waals surface area (Å²) in [5, 5.41) is 4.53. The molecule has 0 saturated heterocycles. The van der Waals surface area contributed by atoms with Gasteiger partial charge >= 0.3 is 0 Å². The quantitative estimate of drug-likeness (QED) is 0.468. The van der Waals surface area contributed by atoms with Crippen LogP contribution in [0.1, 0.15) is 11.1 Å². The van der Waals surface area contributed by atoms with Crippen LogP contribution in [0.3, 0.4) is 0 Å². The van der Waals surface area contributed by atoms with Crippen molar-refractivity contribution in [2.45, 2.75) is 6.61 Å². The van der Waals surface area contributed by atoms with E-state index in [9.17, 15) is 4.39 Å². The van der Waals surface area contributed by atoms with E-state index in [4.69, 9.17) is 16.3 Å². The van der Waals surface area contributed by atoms with Gasteiger partial charge in [-0.3, -0.25) is 5.43 Å². The third-order valence-corrected chi connectivity index (χ3v) is 3.86. The van der Waals surface area contributed by atoms with Crippen molar-refractivity contribution in [2.75, 3.05) is 5.43 Å². The van der Waals surface area contributed by atoms with Gasteiger partial charge in [-0.2, -0.15) is 5.10 Å². The Bertz CT molecular complexity index is 831. The Morgan fingerprint density at radius 1 is 0.960 bits per heavy atom. The first-order chi connectivity index (χ1) is 12.2. The van der Waals surface area contributed by atoms with E-state index in [1.165, 1.54) is 6.07 Å². The van der Waals surface area contributed by atoms with E-state index in [1.807, 2.05) is 42.5 Å². The highest BCUT2D eigenvalue weighted by Crippen LogP contribution is 2.21. The Morgan fingerprint density at radius 3 is 2.44 bits per heavy atom. The molecule has 3 aromatic carbocycles. The van der Waals surface area contributed by atoms with Crippen LogP contribution in [-0.4, -0.2) is 6.21 Å². The molecule has 5 heteroatoms. The summed E-state index contributed by atoms with van der Waals surface area (Å²) in [7, 11) is 0. The normalized spacial score (nSPS) is 10.8. The Balaban J connectivity index is 1.57. The predicted octanol–water partition coefficient (Wildman–Crippen LogP) is 5.50. The fourth-order valence-corrected chi connectivity index (χ4v) is 2.39. The van der Waals surface area contributed by atoms with Crippen molar-refractivity contribution in [1.29, 1.82) is 0 Å². The molecule has 0 aliphatic heterocycles. The zero-order chi connectivity index (χ0) is 17.5. The zero-order valence-corrected chi connectivity index (χ0v) is 14.1. The SMILES string of the molecule is Fc1cccc(Cl)c1COc1ccc(/C=N/Nc2ccccc2)cc1.